The van der Waals surface area contributed by atoms with Crippen LogP contribution >= 0.6 is 0 Å². The van der Waals surface area contributed by atoms with Crippen LogP contribution in [-0.2, 0) is 12.1 Å². The van der Waals surface area contributed by atoms with E-state index in [1.807, 2.05) is 0 Å². The molecule has 0 radical (unpaired) electrons. The van der Waals surface area contributed by atoms with Crippen LogP contribution in [0.2, 0.25) is 0 Å². The van der Waals surface area contributed by atoms with E-state index in [0.717, 1.165) is 0 Å². The molecule has 0 aromatic heterocycles. The lowest BCUT2D eigenvalue weighted by Crippen LogP contribution is -2.50. The van der Waals surface area contributed by atoms with Crippen molar-refractivity contribution < 1.29 is 40.7 Å². The van der Waals surface area contributed by atoms with E-state index in [1.54, 1.807) is 0 Å². The topological polar surface area (TPSA) is 61.7 Å². The summed E-state index contributed by atoms with van der Waals surface area (Å²) in [6.07, 6.45) is -12.5. The monoisotopic (exact) mass is 464 g/mol. The van der Waals surface area contributed by atoms with Crippen LogP contribution in [-0.4, -0.2) is 29.2 Å². The molecule has 11 heteroatoms. The van der Waals surface area contributed by atoms with Crippen LogP contribution in [0.4, 0.5) is 36.4 Å². The number of halogens is 7. The predicted molar refractivity (Wildman–Crippen MR) is 104 cm³/mol. The third-order valence-electron chi connectivity index (χ3n) is 4.93. The number of oxime groups is 1. The summed E-state index contributed by atoms with van der Waals surface area (Å²) in [7, 11) is 0. The quantitative estimate of drug-likeness (QED) is 0.236. The molecule has 0 saturated carbocycles. The minimum Gasteiger partial charge on any atom is -0.411 e. The maximum absolute atomic E-state index is 14.5. The Balaban J connectivity index is 2.48. The molecule has 1 amide bonds. The number of aryl methyl sites for hydroxylation is 2. The van der Waals surface area contributed by atoms with Crippen LogP contribution in [0.15, 0.2) is 41.6 Å². The normalized spacial score (nSPS) is 13.2. The lowest BCUT2D eigenvalue weighted by molar-refractivity contribution is -0.348. The predicted octanol–water partition coefficient (Wildman–Crippen LogP) is 6.30. The van der Waals surface area contributed by atoms with Crippen LogP contribution in [0.3, 0.4) is 0 Å². The van der Waals surface area contributed by atoms with Gasteiger partial charge >= 0.3 is 18.0 Å². The summed E-state index contributed by atoms with van der Waals surface area (Å²) in [6, 6.07) is 6.67. The Bertz CT molecular complexity index is 1010. The van der Waals surface area contributed by atoms with Crippen LogP contribution in [0.1, 0.15) is 46.5 Å². The summed E-state index contributed by atoms with van der Waals surface area (Å²) in [6.45, 7) is 4.15. The van der Waals surface area contributed by atoms with Gasteiger partial charge in [0.2, 0.25) is 0 Å². The Morgan fingerprint density at radius 1 is 0.969 bits per heavy atom. The molecule has 0 unspecified atom stereocenters. The first kappa shape index (κ1) is 25.2. The Hall–Kier alpha value is -3.11. The number of nitrogens with zero attached hydrogens (tertiary/aromatic N) is 1. The van der Waals surface area contributed by atoms with E-state index in [-0.39, 0.29) is 28.8 Å². The van der Waals surface area contributed by atoms with Crippen molar-refractivity contribution >= 4 is 17.3 Å². The molecule has 2 aromatic carbocycles. The lowest BCUT2D eigenvalue weighted by atomic mass is 9.89. The Kier molecular flexibility index (Phi) is 6.91. The largest absolute Gasteiger partial charge is 0.435 e. The molecule has 4 nitrogen and oxygen atoms in total. The number of benzene rings is 2. The molecule has 0 aliphatic carbocycles. The number of nitrogens with one attached hydrogen (secondary N) is 1. The zero-order valence-corrected chi connectivity index (χ0v) is 17.1. The molecule has 0 saturated heterocycles. The number of carbonyl (C=O) groups is 1. The molecule has 2 N–H and O–H groups in total. The number of hydrogen-bond donors (Lipinski definition) is 2. The van der Waals surface area contributed by atoms with E-state index in [1.165, 1.54) is 45.0 Å². The maximum atomic E-state index is 14.5. The van der Waals surface area contributed by atoms with Gasteiger partial charge in [-0.15, -0.1) is 0 Å². The minimum absolute atomic E-state index is 0.00914. The van der Waals surface area contributed by atoms with Gasteiger partial charge in [0.1, 0.15) is 0 Å². The minimum atomic E-state index is -6.23. The van der Waals surface area contributed by atoms with Gasteiger partial charge in [-0.05, 0) is 55.2 Å². The highest BCUT2D eigenvalue weighted by atomic mass is 19.4. The smallest absolute Gasteiger partial charge is 0.411 e. The van der Waals surface area contributed by atoms with E-state index in [0.29, 0.717) is 23.4 Å². The van der Waals surface area contributed by atoms with E-state index in [2.05, 4.69) is 10.5 Å². The van der Waals surface area contributed by atoms with Crippen molar-refractivity contribution in [3.63, 3.8) is 0 Å². The van der Waals surface area contributed by atoms with Crippen molar-refractivity contribution in [2.45, 2.75) is 45.2 Å². The highest BCUT2D eigenvalue weighted by molar-refractivity contribution is 6.06. The maximum Gasteiger partial charge on any atom is 0.435 e. The highest BCUT2D eigenvalue weighted by Gasteiger charge is 2.73. The fourth-order valence-corrected chi connectivity index (χ4v) is 3.11. The molecule has 2 rings (SSSR count). The standard InChI is InChI=1S/C21H19F7N2O2/c1-4-13-10-16(19(22,20(23,24)25)21(26,27)28)9-11(2)17(13)29-18(31)15-7-5-14(6-8-15)12(3)30-32/h5-10,32H,4H2,1-3H3,(H,29,31). The second-order valence-electron chi connectivity index (χ2n) is 7.05. The van der Waals surface area contributed by atoms with Gasteiger partial charge in [0.25, 0.3) is 5.91 Å². The number of anilines is 1. The van der Waals surface area contributed by atoms with Gasteiger partial charge < -0.3 is 10.5 Å². The molecule has 0 atom stereocenters. The Labute approximate surface area is 178 Å². The molecular weight excluding hydrogens is 445 g/mol. The number of hydrogen-bond acceptors (Lipinski definition) is 3. The van der Waals surface area contributed by atoms with Crippen LogP contribution in [0.25, 0.3) is 0 Å². The zero-order chi connectivity index (χ0) is 24.5. The van der Waals surface area contributed by atoms with Crippen molar-refractivity contribution in [2.75, 3.05) is 5.32 Å². The summed E-state index contributed by atoms with van der Waals surface area (Å²) >= 11 is 0. The SMILES string of the molecule is CCc1cc(C(F)(C(F)(F)F)C(F)(F)F)cc(C)c1NC(=O)c1ccc(C(C)=NO)cc1. The second-order valence-corrected chi connectivity index (χ2v) is 7.05. The van der Waals surface area contributed by atoms with Gasteiger partial charge in [0.05, 0.1) is 5.71 Å². The van der Waals surface area contributed by atoms with Gasteiger partial charge in [-0.2, -0.15) is 26.3 Å². The molecule has 0 aliphatic heterocycles. The Morgan fingerprint density at radius 2 is 1.47 bits per heavy atom. The van der Waals surface area contributed by atoms with E-state index >= 15 is 0 Å². The van der Waals surface area contributed by atoms with Crippen molar-refractivity contribution in [1.29, 1.82) is 0 Å². The summed E-state index contributed by atoms with van der Waals surface area (Å²) in [5.74, 6) is -0.682. The molecule has 0 bridgehead atoms. The van der Waals surface area contributed by atoms with Crippen LogP contribution < -0.4 is 5.32 Å². The number of carbonyl (C=O) groups excluding carboxylic acids is 1. The van der Waals surface area contributed by atoms with Crippen LogP contribution in [0, 0.1) is 6.92 Å². The molecule has 0 aliphatic rings. The van der Waals surface area contributed by atoms with E-state index < -0.39 is 29.5 Å². The lowest BCUT2D eigenvalue weighted by Gasteiger charge is -2.31. The molecule has 2 aromatic rings. The third kappa shape index (κ3) is 4.56. The summed E-state index contributed by atoms with van der Waals surface area (Å²) in [5, 5.41) is 14.3. The molecule has 174 valence electrons. The summed E-state index contributed by atoms with van der Waals surface area (Å²) in [5.41, 5.74) is -6.47. The van der Waals surface area contributed by atoms with Crippen molar-refractivity contribution in [2.24, 2.45) is 5.16 Å². The van der Waals surface area contributed by atoms with Crippen LogP contribution in [0.5, 0.6) is 0 Å². The van der Waals surface area contributed by atoms with Crippen molar-refractivity contribution in [3.05, 3.63) is 64.2 Å². The number of alkyl halides is 7. The number of rotatable bonds is 5. The van der Waals surface area contributed by atoms with Gasteiger partial charge in [0, 0.05) is 16.8 Å². The summed E-state index contributed by atoms with van der Waals surface area (Å²) < 4.78 is 93.1. The number of amides is 1. The highest BCUT2D eigenvalue weighted by Crippen LogP contribution is 2.53. The van der Waals surface area contributed by atoms with Crippen molar-refractivity contribution in [3.8, 4) is 0 Å². The molecule has 0 fully saturated rings. The Morgan fingerprint density at radius 3 is 1.91 bits per heavy atom. The van der Waals surface area contributed by atoms with Gasteiger partial charge in [0.15, 0.2) is 0 Å². The average molecular weight is 464 g/mol. The van der Waals surface area contributed by atoms with Crippen molar-refractivity contribution in [1.82, 2.24) is 0 Å². The molecule has 0 spiro atoms. The van der Waals surface area contributed by atoms with Gasteiger partial charge in [-0.1, -0.05) is 30.3 Å². The van der Waals surface area contributed by atoms with Gasteiger partial charge in [-0.25, -0.2) is 4.39 Å². The fraction of sp³-hybridized carbons (Fsp3) is 0.333. The zero-order valence-electron chi connectivity index (χ0n) is 17.1. The molecular formula is C21H19F7N2O2. The first-order valence-electron chi connectivity index (χ1n) is 9.24. The summed E-state index contributed by atoms with van der Waals surface area (Å²) in [4.78, 5) is 12.6. The first-order chi connectivity index (χ1) is 14.7. The van der Waals surface area contributed by atoms with E-state index in [4.69, 9.17) is 5.21 Å². The second kappa shape index (κ2) is 8.79. The molecule has 32 heavy (non-hydrogen) atoms. The molecule has 0 heterocycles. The third-order valence-corrected chi connectivity index (χ3v) is 4.93. The van der Waals surface area contributed by atoms with Gasteiger partial charge in [-0.3, -0.25) is 4.79 Å². The first-order valence-corrected chi connectivity index (χ1v) is 9.24. The fourth-order valence-electron chi connectivity index (χ4n) is 3.11. The van der Waals surface area contributed by atoms with E-state index in [9.17, 15) is 35.5 Å². The average Bonchev–Trinajstić information content (AvgIpc) is 2.72.